The quantitative estimate of drug-likeness (QED) is 0.538. The molecule has 0 radical (unpaired) electrons. The number of nitrogens with two attached hydrogens (primary N) is 1. The number of nitrogen functional groups attached to an aromatic ring is 1. The zero-order valence-electron chi connectivity index (χ0n) is 19.8. The highest BCUT2D eigenvalue weighted by Crippen LogP contribution is 2.35. The summed E-state index contributed by atoms with van der Waals surface area (Å²) in [7, 11) is 0. The highest BCUT2D eigenvalue weighted by atomic mass is 19.1. The Morgan fingerprint density at radius 2 is 1.78 bits per heavy atom. The van der Waals surface area contributed by atoms with Crippen LogP contribution in [-0.4, -0.2) is 47.4 Å². The van der Waals surface area contributed by atoms with E-state index in [4.69, 9.17) is 10.5 Å². The van der Waals surface area contributed by atoms with Crippen molar-refractivity contribution in [1.29, 1.82) is 0 Å². The number of fused-ring (bicyclic) bond motifs is 1. The van der Waals surface area contributed by atoms with Gasteiger partial charge in [0.05, 0.1) is 0 Å². The molecule has 1 saturated heterocycles. The number of amides is 2. The molecule has 1 fully saturated rings. The fraction of sp³-hybridized carbons (Fsp3) is 0.296. The van der Waals surface area contributed by atoms with Gasteiger partial charge in [0.2, 0.25) is 11.9 Å². The third-order valence-electron chi connectivity index (χ3n) is 6.77. The molecule has 9 heteroatoms. The Labute approximate surface area is 207 Å². The molecular formula is C27H26F2N4O3. The minimum absolute atomic E-state index is 0.00189. The standard InChI is InChI=1S/C27H26F2N4O3/c1-15(34)33-10-7-19(8-11-33)36-18-4-2-16(3-5-18)20-13-23(26(30)32-25(20)29)22-12-17-6-9-31-27(35)21(17)14-24(22)28/h2-5,12-14,19H,6-11H2,1H3,(H2,30,32)(H,31,35). The molecule has 36 heavy (non-hydrogen) atoms. The number of rotatable bonds is 4. The first-order valence-corrected chi connectivity index (χ1v) is 11.9. The van der Waals surface area contributed by atoms with Gasteiger partial charge in [-0.3, -0.25) is 9.59 Å². The Kier molecular flexibility index (Phi) is 6.30. The number of hydrogen-bond donors (Lipinski definition) is 2. The Morgan fingerprint density at radius 1 is 1.06 bits per heavy atom. The fourth-order valence-electron chi connectivity index (χ4n) is 4.76. The number of aromatic nitrogens is 1. The second kappa shape index (κ2) is 9.56. The lowest BCUT2D eigenvalue weighted by atomic mass is 9.93. The molecular weight excluding hydrogens is 466 g/mol. The first-order valence-electron chi connectivity index (χ1n) is 11.9. The normalized spacial score (nSPS) is 15.9. The number of pyridine rings is 1. The van der Waals surface area contributed by atoms with Crippen molar-refractivity contribution in [3.8, 4) is 28.0 Å². The van der Waals surface area contributed by atoms with Gasteiger partial charge in [-0.25, -0.2) is 9.37 Å². The van der Waals surface area contributed by atoms with Crippen LogP contribution in [0.15, 0.2) is 42.5 Å². The summed E-state index contributed by atoms with van der Waals surface area (Å²) in [6.45, 7) is 3.35. The number of likely N-dealkylation sites (tertiary alicyclic amines) is 1. The highest BCUT2D eigenvalue weighted by molar-refractivity contribution is 5.97. The maximum atomic E-state index is 15.0. The highest BCUT2D eigenvalue weighted by Gasteiger charge is 2.24. The SMILES string of the molecule is CC(=O)N1CCC(Oc2ccc(-c3cc(-c4cc5c(cc4F)C(=O)NCC5)c(N)nc3F)cc2)CC1. The Hall–Kier alpha value is -4.01. The number of halogens is 2. The summed E-state index contributed by atoms with van der Waals surface area (Å²) in [4.78, 5) is 29.2. The van der Waals surface area contributed by atoms with Crippen molar-refractivity contribution in [2.45, 2.75) is 32.3 Å². The van der Waals surface area contributed by atoms with Crippen molar-refractivity contribution in [3.05, 3.63) is 65.4 Å². The molecule has 3 aromatic rings. The van der Waals surface area contributed by atoms with E-state index in [-0.39, 0.29) is 40.4 Å². The van der Waals surface area contributed by atoms with E-state index >= 15 is 0 Å². The van der Waals surface area contributed by atoms with E-state index in [0.717, 1.165) is 12.8 Å². The largest absolute Gasteiger partial charge is 0.490 e. The van der Waals surface area contributed by atoms with E-state index in [1.54, 1.807) is 42.2 Å². The number of ether oxygens (including phenoxy) is 1. The number of hydrogen-bond acceptors (Lipinski definition) is 5. The van der Waals surface area contributed by atoms with Crippen LogP contribution < -0.4 is 15.8 Å². The van der Waals surface area contributed by atoms with Crippen LogP contribution in [0.3, 0.4) is 0 Å². The second-order valence-electron chi connectivity index (χ2n) is 9.10. The van der Waals surface area contributed by atoms with E-state index in [9.17, 15) is 18.4 Å². The van der Waals surface area contributed by atoms with Gasteiger partial charge in [0.15, 0.2) is 0 Å². The van der Waals surface area contributed by atoms with Gasteiger partial charge in [0, 0.05) is 61.7 Å². The van der Waals surface area contributed by atoms with Crippen molar-refractivity contribution in [2.24, 2.45) is 0 Å². The molecule has 5 rings (SSSR count). The zero-order valence-corrected chi connectivity index (χ0v) is 19.8. The lowest BCUT2D eigenvalue weighted by molar-refractivity contribution is -0.130. The molecule has 3 heterocycles. The molecule has 0 bridgehead atoms. The third-order valence-corrected chi connectivity index (χ3v) is 6.77. The number of nitrogens with zero attached hydrogens (tertiary/aromatic N) is 2. The predicted molar refractivity (Wildman–Crippen MR) is 131 cm³/mol. The summed E-state index contributed by atoms with van der Waals surface area (Å²) in [5, 5.41) is 2.69. The van der Waals surface area contributed by atoms with Gasteiger partial charge in [-0.15, -0.1) is 0 Å². The summed E-state index contributed by atoms with van der Waals surface area (Å²) in [6.07, 6.45) is 2.05. The molecule has 7 nitrogen and oxygen atoms in total. The van der Waals surface area contributed by atoms with Crippen LogP contribution in [0.4, 0.5) is 14.6 Å². The molecule has 0 spiro atoms. The number of anilines is 1. The number of carbonyl (C=O) groups excluding carboxylic acids is 2. The molecule has 0 aliphatic carbocycles. The minimum atomic E-state index is -0.765. The Morgan fingerprint density at radius 3 is 2.47 bits per heavy atom. The molecule has 0 atom stereocenters. The van der Waals surface area contributed by atoms with Crippen LogP contribution in [-0.2, 0) is 11.2 Å². The van der Waals surface area contributed by atoms with E-state index in [2.05, 4.69) is 10.3 Å². The monoisotopic (exact) mass is 492 g/mol. The minimum Gasteiger partial charge on any atom is -0.490 e. The van der Waals surface area contributed by atoms with Crippen LogP contribution in [0, 0.1) is 11.8 Å². The molecule has 2 aliphatic heterocycles. The number of benzene rings is 2. The molecule has 2 aromatic carbocycles. The Balaban J connectivity index is 1.40. The van der Waals surface area contributed by atoms with Crippen molar-refractivity contribution in [2.75, 3.05) is 25.4 Å². The van der Waals surface area contributed by atoms with Crippen LogP contribution in [0.25, 0.3) is 22.3 Å². The molecule has 186 valence electrons. The topological polar surface area (TPSA) is 97.5 Å². The molecule has 1 aromatic heterocycles. The number of carbonyl (C=O) groups is 2. The smallest absolute Gasteiger partial charge is 0.251 e. The molecule has 0 saturated carbocycles. The summed E-state index contributed by atoms with van der Waals surface area (Å²) in [5.74, 6) is -1.14. The number of piperidine rings is 1. The summed E-state index contributed by atoms with van der Waals surface area (Å²) in [5.41, 5.74) is 8.13. The van der Waals surface area contributed by atoms with E-state index in [0.29, 0.717) is 48.5 Å². The second-order valence-corrected chi connectivity index (χ2v) is 9.10. The van der Waals surface area contributed by atoms with Crippen molar-refractivity contribution in [3.63, 3.8) is 0 Å². The van der Waals surface area contributed by atoms with Gasteiger partial charge in [-0.05, 0) is 47.9 Å². The fourth-order valence-corrected chi connectivity index (χ4v) is 4.76. The first kappa shape index (κ1) is 23.7. The maximum Gasteiger partial charge on any atom is 0.251 e. The van der Waals surface area contributed by atoms with E-state index < -0.39 is 11.8 Å². The average Bonchev–Trinajstić information content (AvgIpc) is 2.86. The molecule has 2 amide bonds. The summed E-state index contributed by atoms with van der Waals surface area (Å²) >= 11 is 0. The van der Waals surface area contributed by atoms with Crippen LogP contribution in [0.1, 0.15) is 35.7 Å². The van der Waals surface area contributed by atoms with Gasteiger partial charge in [0.1, 0.15) is 23.5 Å². The van der Waals surface area contributed by atoms with Crippen LogP contribution >= 0.6 is 0 Å². The van der Waals surface area contributed by atoms with Crippen molar-refractivity contribution in [1.82, 2.24) is 15.2 Å². The van der Waals surface area contributed by atoms with Gasteiger partial charge >= 0.3 is 0 Å². The van der Waals surface area contributed by atoms with Gasteiger partial charge < -0.3 is 20.7 Å². The number of nitrogens with one attached hydrogen (secondary N) is 1. The average molecular weight is 493 g/mol. The van der Waals surface area contributed by atoms with E-state index in [1.165, 1.54) is 12.1 Å². The maximum absolute atomic E-state index is 15.0. The van der Waals surface area contributed by atoms with Crippen molar-refractivity contribution < 1.29 is 23.1 Å². The zero-order chi connectivity index (χ0) is 25.4. The summed E-state index contributed by atoms with van der Waals surface area (Å²) in [6, 6.07) is 11.2. The van der Waals surface area contributed by atoms with Crippen LogP contribution in [0.5, 0.6) is 5.75 Å². The van der Waals surface area contributed by atoms with Crippen LogP contribution in [0.2, 0.25) is 0 Å². The Bertz CT molecular complexity index is 1340. The molecule has 2 aliphatic rings. The summed E-state index contributed by atoms with van der Waals surface area (Å²) < 4.78 is 35.9. The van der Waals surface area contributed by atoms with Gasteiger partial charge in [-0.1, -0.05) is 12.1 Å². The predicted octanol–water partition coefficient (Wildman–Crippen LogP) is 3.95. The molecule has 3 N–H and O–H groups in total. The van der Waals surface area contributed by atoms with E-state index in [1.807, 2.05) is 0 Å². The lowest BCUT2D eigenvalue weighted by Crippen LogP contribution is -2.40. The van der Waals surface area contributed by atoms with Gasteiger partial charge in [-0.2, -0.15) is 4.39 Å². The first-order chi connectivity index (χ1) is 17.3. The molecule has 0 unspecified atom stereocenters. The lowest BCUT2D eigenvalue weighted by Gasteiger charge is -2.31. The third kappa shape index (κ3) is 4.60. The van der Waals surface area contributed by atoms with Crippen molar-refractivity contribution >= 4 is 17.6 Å². The van der Waals surface area contributed by atoms with Gasteiger partial charge in [0.25, 0.3) is 5.91 Å².